The number of fused-ring (bicyclic) bond motifs is 3. The molecule has 4 aliphatic rings. The summed E-state index contributed by atoms with van der Waals surface area (Å²) in [5, 5.41) is 22.2. The average Bonchev–Trinajstić information content (AvgIpc) is 2.99. The molecule has 0 aromatic heterocycles. The molecular weight excluding hydrogens is 492 g/mol. The summed E-state index contributed by atoms with van der Waals surface area (Å²) in [6, 6.07) is 0. The normalized spacial score (nSPS) is 40.8. The van der Waals surface area contributed by atoms with Crippen LogP contribution >= 0.6 is 0 Å². The fourth-order valence-corrected chi connectivity index (χ4v) is 9.44. The highest BCUT2D eigenvalue weighted by Crippen LogP contribution is 2.61. The largest absolute Gasteiger partial charge is 0.449 e. The highest BCUT2D eigenvalue weighted by atomic mass is 16.6. The number of hydrogen-bond donors (Lipinski definition) is 3. The molecule has 4 N–H and O–H groups in total. The first-order valence-electron chi connectivity index (χ1n) is 16.1. The fraction of sp³-hybridized carbons (Fsp3) is 0.938. The third-order valence-electron chi connectivity index (χ3n) is 12.0. The number of carbonyl (C=O) groups excluding carboxylic acids is 2. The molecule has 0 spiro atoms. The number of aliphatic hydroxyl groups excluding tert-OH is 2. The summed E-state index contributed by atoms with van der Waals surface area (Å²) in [4.78, 5) is 25.7. The van der Waals surface area contributed by atoms with Crippen molar-refractivity contribution >= 4 is 12.0 Å². The Kier molecular flexibility index (Phi) is 10.3. The van der Waals surface area contributed by atoms with E-state index in [-0.39, 0.29) is 35.5 Å². The molecule has 1 saturated heterocycles. The third kappa shape index (κ3) is 6.60. The molecular formula is C32H56N2O5. The minimum Gasteiger partial charge on any atom is -0.449 e. The number of ether oxygens (including phenoxy) is 1. The van der Waals surface area contributed by atoms with Crippen LogP contribution in [0.5, 0.6) is 0 Å². The van der Waals surface area contributed by atoms with Crippen LogP contribution in [0.1, 0.15) is 105 Å². The van der Waals surface area contributed by atoms with Crippen molar-refractivity contribution in [2.75, 3.05) is 19.7 Å². The molecule has 4 unspecified atom stereocenters. The lowest BCUT2D eigenvalue weighted by Gasteiger charge is -2.60. The Hall–Kier alpha value is -1.34. The number of nitrogens with zero attached hydrogens (tertiary/aromatic N) is 1. The van der Waals surface area contributed by atoms with Crippen molar-refractivity contribution in [2.24, 2.45) is 58.5 Å². The number of amides is 2. The van der Waals surface area contributed by atoms with E-state index in [1.165, 1.54) is 25.7 Å². The van der Waals surface area contributed by atoms with E-state index < -0.39 is 0 Å². The number of piperidine rings is 1. The molecule has 1 heterocycles. The van der Waals surface area contributed by atoms with E-state index >= 15 is 0 Å². The molecule has 0 radical (unpaired) electrons. The number of likely N-dealkylation sites (tertiary alicyclic amines) is 1. The summed E-state index contributed by atoms with van der Waals surface area (Å²) < 4.78 is 5.65. The number of hydrogen-bond acceptors (Lipinski definition) is 5. The van der Waals surface area contributed by atoms with Crippen LogP contribution in [-0.2, 0) is 9.53 Å². The number of carbonyl (C=O) groups is 2. The Bertz CT molecular complexity index is 829. The second kappa shape index (κ2) is 13.1. The zero-order valence-corrected chi connectivity index (χ0v) is 25.0. The van der Waals surface area contributed by atoms with Gasteiger partial charge in [-0.25, -0.2) is 4.79 Å². The van der Waals surface area contributed by atoms with Gasteiger partial charge >= 0.3 is 6.09 Å². The van der Waals surface area contributed by atoms with Gasteiger partial charge in [0.2, 0.25) is 5.91 Å². The molecule has 0 bridgehead atoms. The van der Waals surface area contributed by atoms with Gasteiger partial charge in [0.1, 0.15) is 0 Å². The van der Waals surface area contributed by atoms with Gasteiger partial charge in [0.15, 0.2) is 0 Å². The van der Waals surface area contributed by atoms with E-state index in [1.54, 1.807) is 4.90 Å². The first kappa shape index (κ1) is 30.6. The molecule has 0 aromatic rings. The standard InChI is InChI=1S/C32H56N2O5/c1-5-25-27-19-24(35)11-15-32(27,4)26-8-6-7-22(10-9-21(3)28(26)29(25)36)20(2)14-18-39-31(38)34-16-12-23(13-17-34)30(33)37/h20-29,35-36H,5-19H2,1-4H3,(H2,33,37)/t20-,21?,22?,24-,25-,26?,27+,28?,29-,32-/m1/s1. The average molecular weight is 549 g/mol. The van der Waals surface area contributed by atoms with E-state index in [1.807, 2.05) is 0 Å². The van der Waals surface area contributed by atoms with Crippen LogP contribution in [-0.4, -0.2) is 59.0 Å². The minimum absolute atomic E-state index is 0.129. The van der Waals surface area contributed by atoms with Crippen molar-refractivity contribution in [3.05, 3.63) is 0 Å². The van der Waals surface area contributed by atoms with Gasteiger partial charge in [0, 0.05) is 19.0 Å². The maximum atomic E-state index is 12.6. The number of nitrogens with two attached hydrogens (primary N) is 1. The van der Waals surface area contributed by atoms with Crippen LogP contribution in [0.15, 0.2) is 0 Å². The van der Waals surface area contributed by atoms with E-state index in [0.717, 1.165) is 38.5 Å². The van der Waals surface area contributed by atoms with E-state index in [9.17, 15) is 19.8 Å². The van der Waals surface area contributed by atoms with Crippen LogP contribution in [0.25, 0.3) is 0 Å². The minimum atomic E-state index is -0.272. The Morgan fingerprint density at radius 3 is 2.44 bits per heavy atom. The highest BCUT2D eigenvalue weighted by molar-refractivity contribution is 5.77. The highest BCUT2D eigenvalue weighted by Gasteiger charge is 2.57. The van der Waals surface area contributed by atoms with E-state index in [4.69, 9.17) is 10.5 Å². The second-order valence-corrected chi connectivity index (χ2v) is 14.1. The maximum Gasteiger partial charge on any atom is 0.409 e. The third-order valence-corrected chi connectivity index (χ3v) is 12.0. The predicted octanol–water partition coefficient (Wildman–Crippen LogP) is 5.36. The molecule has 39 heavy (non-hydrogen) atoms. The lowest BCUT2D eigenvalue weighted by molar-refractivity contribution is -0.173. The van der Waals surface area contributed by atoms with Crippen LogP contribution in [0.2, 0.25) is 0 Å². The van der Waals surface area contributed by atoms with E-state index in [2.05, 4.69) is 27.7 Å². The molecule has 3 aliphatic carbocycles. The molecule has 4 rings (SSSR count). The van der Waals surface area contributed by atoms with Gasteiger partial charge in [0.05, 0.1) is 18.8 Å². The van der Waals surface area contributed by atoms with Gasteiger partial charge < -0.3 is 25.6 Å². The topological polar surface area (TPSA) is 113 Å². The summed E-state index contributed by atoms with van der Waals surface area (Å²) in [5.41, 5.74) is 5.62. The molecule has 0 aromatic carbocycles. The zero-order chi connectivity index (χ0) is 28.3. The molecule has 3 saturated carbocycles. The van der Waals surface area contributed by atoms with Crippen LogP contribution in [0, 0.1) is 52.8 Å². The van der Waals surface area contributed by atoms with Gasteiger partial charge in [-0.1, -0.05) is 53.4 Å². The smallest absolute Gasteiger partial charge is 0.409 e. The SMILES string of the molecule is CC[C@H]1[C@@H](O)C2C(C)CCC([C@H](C)CCOC(=O)N3CCC(C(N)=O)CC3)CCCC2[C@@]2(C)CC[C@@H](O)C[C@@H]12. The van der Waals surface area contributed by atoms with Gasteiger partial charge in [-0.3, -0.25) is 4.79 Å². The summed E-state index contributed by atoms with van der Waals surface area (Å²) in [5.74, 6) is 2.75. The monoisotopic (exact) mass is 548 g/mol. The molecule has 224 valence electrons. The molecule has 7 heteroatoms. The molecule has 1 aliphatic heterocycles. The first-order valence-corrected chi connectivity index (χ1v) is 16.1. The number of primary amides is 1. The van der Waals surface area contributed by atoms with Gasteiger partial charge in [0.25, 0.3) is 0 Å². The quantitative estimate of drug-likeness (QED) is 0.413. The van der Waals surface area contributed by atoms with Gasteiger partial charge in [-0.15, -0.1) is 0 Å². The van der Waals surface area contributed by atoms with Crippen molar-refractivity contribution in [1.29, 1.82) is 0 Å². The summed E-state index contributed by atoms with van der Waals surface area (Å²) in [7, 11) is 0. The van der Waals surface area contributed by atoms with Crippen molar-refractivity contribution < 1.29 is 24.5 Å². The Morgan fingerprint density at radius 1 is 1.05 bits per heavy atom. The van der Waals surface area contributed by atoms with Crippen LogP contribution in [0.3, 0.4) is 0 Å². The summed E-state index contributed by atoms with van der Waals surface area (Å²) in [6.07, 6.45) is 11.1. The number of rotatable bonds is 6. The zero-order valence-electron chi connectivity index (χ0n) is 25.0. The second-order valence-electron chi connectivity index (χ2n) is 14.1. The Labute approximate surface area is 236 Å². The predicted molar refractivity (Wildman–Crippen MR) is 153 cm³/mol. The fourth-order valence-electron chi connectivity index (χ4n) is 9.44. The van der Waals surface area contributed by atoms with Crippen LogP contribution in [0.4, 0.5) is 4.79 Å². The first-order chi connectivity index (χ1) is 18.6. The van der Waals surface area contributed by atoms with Crippen molar-refractivity contribution in [1.82, 2.24) is 4.90 Å². The Morgan fingerprint density at radius 2 is 1.77 bits per heavy atom. The molecule has 4 fully saturated rings. The van der Waals surface area contributed by atoms with Crippen LogP contribution < -0.4 is 5.73 Å². The summed E-state index contributed by atoms with van der Waals surface area (Å²) in [6.45, 7) is 10.9. The lowest BCUT2D eigenvalue weighted by Crippen LogP contribution is -2.58. The van der Waals surface area contributed by atoms with E-state index in [0.29, 0.717) is 74.0 Å². The maximum absolute atomic E-state index is 12.6. The van der Waals surface area contributed by atoms with Gasteiger partial charge in [-0.05, 0) is 98.2 Å². The van der Waals surface area contributed by atoms with Crippen molar-refractivity contribution in [3.63, 3.8) is 0 Å². The lowest BCUT2D eigenvalue weighted by atomic mass is 9.45. The molecule has 2 amide bonds. The van der Waals surface area contributed by atoms with Gasteiger partial charge in [-0.2, -0.15) is 0 Å². The number of aliphatic hydroxyl groups is 2. The van der Waals surface area contributed by atoms with Crippen molar-refractivity contribution in [2.45, 2.75) is 117 Å². The molecule has 7 nitrogen and oxygen atoms in total. The Balaban J connectivity index is 1.33. The summed E-state index contributed by atoms with van der Waals surface area (Å²) >= 11 is 0. The molecule has 10 atom stereocenters. The van der Waals surface area contributed by atoms with Crippen molar-refractivity contribution in [3.8, 4) is 0 Å².